The SMILES string of the molecule is CCC1CN(c2ncc(NS(C)(=O)=O)cc2Cl)CCN1C1CCN(Cc2ccc(Cl)cc2C#N)CC1. The van der Waals surface area contributed by atoms with Gasteiger partial charge in [-0.25, -0.2) is 13.4 Å². The minimum atomic E-state index is -3.38. The van der Waals surface area contributed by atoms with Gasteiger partial charge >= 0.3 is 0 Å². The Balaban J connectivity index is 1.35. The summed E-state index contributed by atoms with van der Waals surface area (Å²) in [5.74, 6) is 0.694. The lowest BCUT2D eigenvalue weighted by Gasteiger charge is -2.47. The molecule has 0 radical (unpaired) electrons. The van der Waals surface area contributed by atoms with Crippen molar-refractivity contribution in [1.82, 2.24) is 14.8 Å². The Morgan fingerprint density at radius 2 is 1.92 bits per heavy atom. The van der Waals surface area contributed by atoms with Crippen LogP contribution in [0.1, 0.15) is 37.3 Å². The summed E-state index contributed by atoms with van der Waals surface area (Å²) in [7, 11) is -3.38. The van der Waals surface area contributed by atoms with Gasteiger partial charge in [0.15, 0.2) is 0 Å². The number of likely N-dealkylation sites (tertiary alicyclic amines) is 1. The Morgan fingerprint density at radius 3 is 2.56 bits per heavy atom. The number of pyridine rings is 1. The van der Waals surface area contributed by atoms with Crippen LogP contribution in [0.2, 0.25) is 10.0 Å². The van der Waals surface area contributed by atoms with Gasteiger partial charge in [-0.3, -0.25) is 14.5 Å². The maximum atomic E-state index is 11.5. The molecule has 4 rings (SSSR count). The molecule has 1 aromatic heterocycles. The highest BCUT2D eigenvalue weighted by Gasteiger charge is 2.34. The van der Waals surface area contributed by atoms with Crippen molar-refractivity contribution < 1.29 is 8.42 Å². The van der Waals surface area contributed by atoms with Gasteiger partial charge in [0.05, 0.1) is 34.8 Å². The maximum absolute atomic E-state index is 11.5. The summed E-state index contributed by atoms with van der Waals surface area (Å²) >= 11 is 12.5. The van der Waals surface area contributed by atoms with E-state index in [0.29, 0.717) is 39.2 Å². The first-order chi connectivity index (χ1) is 17.2. The number of benzene rings is 1. The van der Waals surface area contributed by atoms with E-state index in [-0.39, 0.29) is 0 Å². The standard InChI is InChI=1S/C25H32Cl2N6O2S/c1-3-22-17-32(25-24(27)13-21(15-29-25)30-36(2,34)35)10-11-33(22)23-6-8-31(9-7-23)16-18-4-5-20(26)12-19(18)14-28/h4-5,12-13,15,22-23,30H,3,6-11,16-17H2,1-2H3. The zero-order valence-electron chi connectivity index (χ0n) is 20.6. The summed E-state index contributed by atoms with van der Waals surface area (Å²) in [6, 6.07) is 10.4. The molecule has 8 nitrogen and oxygen atoms in total. The fraction of sp³-hybridized carbons (Fsp3) is 0.520. The Labute approximate surface area is 223 Å². The maximum Gasteiger partial charge on any atom is 0.229 e. The number of halogens is 2. The van der Waals surface area contributed by atoms with Gasteiger partial charge in [-0.1, -0.05) is 36.2 Å². The molecule has 2 aliphatic rings. The van der Waals surface area contributed by atoms with Gasteiger partial charge in [0, 0.05) is 43.3 Å². The van der Waals surface area contributed by atoms with Crippen LogP contribution in [0.15, 0.2) is 30.5 Å². The fourth-order valence-electron chi connectivity index (χ4n) is 5.28. The number of piperidine rings is 1. The molecule has 0 aliphatic carbocycles. The van der Waals surface area contributed by atoms with Crippen LogP contribution in [-0.2, 0) is 16.6 Å². The molecule has 3 heterocycles. The molecule has 2 saturated heterocycles. The van der Waals surface area contributed by atoms with Crippen LogP contribution < -0.4 is 9.62 Å². The second-order valence-corrected chi connectivity index (χ2v) is 12.2. The number of piperazine rings is 1. The highest BCUT2D eigenvalue weighted by atomic mass is 35.5. The molecule has 1 aromatic carbocycles. The Bertz CT molecular complexity index is 1230. The highest BCUT2D eigenvalue weighted by Crippen LogP contribution is 2.31. The minimum Gasteiger partial charge on any atom is -0.353 e. The zero-order valence-corrected chi connectivity index (χ0v) is 23.0. The van der Waals surface area contributed by atoms with Crippen LogP contribution in [0, 0.1) is 11.3 Å². The molecule has 0 bridgehead atoms. The van der Waals surface area contributed by atoms with Crippen molar-refractivity contribution in [3.05, 3.63) is 51.6 Å². The lowest BCUT2D eigenvalue weighted by molar-refractivity contribution is 0.0610. The molecule has 1 atom stereocenters. The van der Waals surface area contributed by atoms with Crippen LogP contribution in [-0.4, -0.2) is 74.3 Å². The van der Waals surface area contributed by atoms with Crippen molar-refractivity contribution in [3.8, 4) is 6.07 Å². The minimum absolute atomic E-state index is 0.365. The van der Waals surface area contributed by atoms with E-state index in [1.165, 1.54) is 6.20 Å². The van der Waals surface area contributed by atoms with Gasteiger partial charge in [-0.05, 0) is 56.1 Å². The predicted octanol–water partition coefficient (Wildman–Crippen LogP) is 4.20. The number of hydrogen-bond acceptors (Lipinski definition) is 7. The molecule has 0 spiro atoms. The summed E-state index contributed by atoms with van der Waals surface area (Å²) in [4.78, 5) is 11.7. The molecule has 0 saturated carbocycles. The van der Waals surface area contributed by atoms with Gasteiger partial charge in [-0.2, -0.15) is 5.26 Å². The normalized spacial score (nSPS) is 20.3. The van der Waals surface area contributed by atoms with Gasteiger partial charge in [0.25, 0.3) is 0 Å². The molecule has 36 heavy (non-hydrogen) atoms. The summed E-state index contributed by atoms with van der Waals surface area (Å²) in [6.07, 6.45) is 5.83. The first-order valence-electron chi connectivity index (χ1n) is 12.2. The van der Waals surface area contributed by atoms with Gasteiger partial charge in [0.2, 0.25) is 10.0 Å². The summed E-state index contributed by atoms with van der Waals surface area (Å²) < 4.78 is 25.4. The third-order valence-corrected chi connectivity index (χ3v) is 8.16. The quantitative estimate of drug-likeness (QED) is 0.552. The predicted molar refractivity (Wildman–Crippen MR) is 145 cm³/mol. The van der Waals surface area contributed by atoms with E-state index in [2.05, 4.69) is 37.4 Å². The summed E-state index contributed by atoms with van der Waals surface area (Å²) in [6.45, 7) is 7.56. The molecule has 11 heteroatoms. The molecule has 194 valence electrons. The van der Waals surface area contributed by atoms with E-state index in [4.69, 9.17) is 23.2 Å². The fourth-order valence-corrected chi connectivity index (χ4v) is 6.28. The number of aromatic nitrogens is 1. The number of nitrogens with one attached hydrogen (secondary N) is 1. The van der Waals surface area contributed by atoms with E-state index in [1.807, 2.05) is 12.1 Å². The first-order valence-corrected chi connectivity index (χ1v) is 14.9. The van der Waals surface area contributed by atoms with Crippen LogP contribution in [0.25, 0.3) is 0 Å². The molecule has 1 unspecified atom stereocenters. The van der Waals surface area contributed by atoms with Crippen LogP contribution in [0.3, 0.4) is 0 Å². The monoisotopic (exact) mass is 550 g/mol. The molecule has 2 aromatic rings. The summed E-state index contributed by atoms with van der Waals surface area (Å²) in [5, 5.41) is 10.5. The third kappa shape index (κ3) is 6.61. The Kier molecular flexibility index (Phi) is 8.63. The van der Waals surface area contributed by atoms with Crippen molar-refractivity contribution in [1.29, 1.82) is 5.26 Å². The molecule has 2 aliphatic heterocycles. The van der Waals surface area contributed by atoms with Gasteiger partial charge in [-0.15, -0.1) is 0 Å². The third-order valence-electron chi connectivity index (χ3n) is 7.04. The van der Waals surface area contributed by atoms with Gasteiger partial charge in [0.1, 0.15) is 5.82 Å². The highest BCUT2D eigenvalue weighted by molar-refractivity contribution is 7.92. The number of anilines is 2. The van der Waals surface area contributed by atoms with Crippen molar-refractivity contribution in [2.24, 2.45) is 0 Å². The number of nitrogens with zero attached hydrogens (tertiary/aromatic N) is 5. The number of rotatable bonds is 7. The lowest BCUT2D eigenvalue weighted by Crippen LogP contribution is -2.58. The first kappa shape index (κ1) is 27.0. The van der Waals surface area contributed by atoms with Crippen molar-refractivity contribution in [2.45, 2.75) is 44.8 Å². The van der Waals surface area contributed by atoms with Crippen molar-refractivity contribution >= 4 is 44.7 Å². The van der Waals surface area contributed by atoms with E-state index in [0.717, 1.165) is 70.4 Å². The second kappa shape index (κ2) is 11.5. The van der Waals surface area contributed by atoms with Crippen LogP contribution >= 0.6 is 23.2 Å². The Morgan fingerprint density at radius 1 is 1.17 bits per heavy atom. The van der Waals surface area contributed by atoms with E-state index < -0.39 is 10.0 Å². The number of sulfonamides is 1. The van der Waals surface area contributed by atoms with E-state index >= 15 is 0 Å². The van der Waals surface area contributed by atoms with Gasteiger partial charge < -0.3 is 4.90 Å². The molecule has 1 N–H and O–H groups in total. The van der Waals surface area contributed by atoms with Crippen molar-refractivity contribution in [2.75, 3.05) is 48.6 Å². The Hall–Kier alpha value is -2.09. The molecular weight excluding hydrogens is 519 g/mol. The van der Waals surface area contributed by atoms with E-state index in [1.54, 1.807) is 12.1 Å². The smallest absolute Gasteiger partial charge is 0.229 e. The summed E-state index contributed by atoms with van der Waals surface area (Å²) in [5.41, 5.74) is 2.05. The number of hydrogen-bond donors (Lipinski definition) is 1. The second-order valence-electron chi connectivity index (χ2n) is 9.57. The molecule has 0 amide bonds. The van der Waals surface area contributed by atoms with Crippen LogP contribution in [0.4, 0.5) is 11.5 Å². The van der Waals surface area contributed by atoms with Crippen molar-refractivity contribution in [3.63, 3.8) is 0 Å². The molecule has 2 fully saturated rings. The topological polar surface area (TPSA) is 92.6 Å². The number of nitriles is 1. The average molecular weight is 552 g/mol. The largest absolute Gasteiger partial charge is 0.353 e. The molecular formula is C25H32Cl2N6O2S. The van der Waals surface area contributed by atoms with Crippen LogP contribution in [0.5, 0.6) is 0 Å². The average Bonchev–Trinajstić information content (AvgIpc) is 2.84. The lowest BCUT2D eigenvalue weighted by atomic mass is 9.97. The zero-order chi connectivity index (χ0) is 25.9. The van der Waals surface area contributed by atoms with E-state index in [9.17, 15) is 13.7 Å².